The average Bonchev–Trinajstić information content (AvgIpc) is 2.60. The molecule has 144 valence electrons. The monoisotopic (exact) mass is 394 g/mol. The normalized spacial score (nSPS) is 11.1. The van der Waals surface area contributed by atoms with E-state index in [9.17, 15) is 23.3 Å². The van der Waals surface area contributed by atoms with Crippen LogP contribution in [0.3, 0.4) is 0 Å². The van der Waals surface area contributed by atoms with Gasteiger partial charge in [-0.25, -0.2) is 13.2 Å². The van der Waals surface area contributed by atoms with E-state index in [2.05, 4.69) is 4.72 Å². The molecule has 0 amide bonds. The van der Waals surface area contributed by atoms with Crippen molar-refractivity contribution in [3.8, 4) is 5.75 Å². The number of nitro groups is 1. The summed E-state index contributed by atoms with van der Waals surface area (Å²) in [6.07, 6.45) is -0.355. The van der Waals surface area contributed by atoms with Gasteiger partial charge in [-0.1, -0.05) is 12.1 Å². The quantitative estimate of drug-likeness (QED) is 0.435. The topological polar surface area (TPSA) is 125 Å². The van der Waals surface area contributed by atoms with Crippen molar-refractivity contribution >= 4 is 27.4 Å². The first-order valence-electron chi connectivity index (χ1n) is 7.81. The number of benzene rings is 2. The lowest BCUT2D eigenvalue weighted by molar-refractivity contribution is -0.387. The van der Waals surface area contributed by atoms with E-state index >= 15 is 0 Å². The van der Waals surface area contributed by atoms with Crippen molar-refractivity contribution in [1.29, 1.82) is 0 Å². The molecule has 0 saturated heterocycles. The van der Waals surface area contributed by atoms with Crippen molar-refractivity contribution in [2.45, 2.75) is 24.8 Å². The van der Waals surface area contributed by atoms with Gasteiger partial charge in [0.15, 0.2) is 4.90 Å². The smallest absolute Gasteiger partial charge is 0.338 e. The molecular weight excluding hydrogens is 376 g/mol. The third-order valence-electron chi connectivity index (χ3n) is 3.37. The highest BCUT2D eigenvalue weighted by Crippen LogP contribution is 2.31. The van der Waals surface area contributed by atoms with Crippen LogP contribution in [0.4, 0.5) is 11.4 Å². The number of sulfonamides is 1. The lowest BCUT2D eigenvalue weighted by Gasteiger charge is -2.14. The van der Waals surface area contributed by atoms with Gasteiger partial charge in [-0.3, -0.25) is 14.8 Å². The third kappa shape index (κ3) is 4.73. The largest absolute Gasteiger partial charge is 0.495 e. The molecule has 0 atom stereocenters. The lowest BCUT2D eigenvalue weighted by Crippen LogP contribution is -2.16. The summed E-state index contributed by atoms with van der Waals surface area (Å²) in [6.45, 7) is 3.36. The fourth-order valence-electron chi connectivity index (χ4n) is 2.23. The standard InChI is InChI=1S/C17H18N2O7S/c1-11(2)26-17(20)12-8-9-15(25-3)13(10-12)18-27(23,24)16-7-5-4-6-14(16)19(21)22/h4-11,18H,1-3H3. The Labute approximate surface area is 156 Å². The molecule has 0 unspecified atom stereocenters. The Bertz CT molecular complexity index is 971. The SMILES string of the molecule is COc1ccc(C(=O)OC(C)C)cc1NS(=O)(=O)c1ccccc1[N+](=O)[O-]. The van der Waals surface area contributed by atoms with E-state index < -0.39 is 31.5 Å². The molecule has 0 fully saturated rings. The van der Waals surface area contributed by atoms with E-state index in [0.29, 0.717) is 0 Å². The number of nitrogens with zero attached hydrogens (tertiary/aromatic N) is 1. The molecule has 0 aliphatic heterocycles. The number of rotatable bonds is 7. The molecule has 0 radical (unpaired) electrons. The van der Waals surface area contributed by atoms with Crippen molar-refractivity contribution in [3.63, 3.8) is 0 Å². The maximum absolute atomic E-state index is 12.7. The third-order valence-corrected chi connectivity index (χ3v) is 4.79. The number of nitrogens with one attached hydrogen (secondary N) is 1. The molecule has 0 aliphatic carbocycles. The molecule has 0 spiro atoms. The summed E-state index contributed by atoms with van der Waals surface area (Å²) in [5.74, 6) is -0.503. The minimum atomic E-state index is -4.31. The predicted octanol–water partition coefficient (Wildman–Crippen LogP) is 2.97. The number of nitro benzene ring substituents is 1. The first-order chi connectivity index (χ1) is 12.7. The van der Waals surface area contributed by atoms with Gasteiger partial charge in [0.25, 0.3) is 15.7 Å². The Morgan fingerprint density at radius 2 is 1.85 bits per heavy atom. The molecule has 1 N–H and O–H groups in total. The lowest BCUT2D eigenvalue weighted by atomic mass is 10.2. The molecule has 0 aromatic heterocycles. The summed E-state index contributed by atoms with van der Waals surface area (Å²) in [6, 6.07) is 9.00. The van der Waals surface area contributed by atoms with Crippen LogP contribution in [0.25, 0.3) is 0 Å². The van der Waals surface area contributed by atoms with Gasteiger partial charge in [0.05, 0.1) is 29.4 Å². The zero-order valence-electron chi connectivity index (χ0n) is 14.8. The number of hydrogen-bond donors (Lipinski definition) is 1. The number of anilines is 1. The van der Waals surface area contributed by atoms with Crippen LogP contribution < -0.4 is 9.46 Å². The van der Waals surface area contributed by atoms with Crippen LogP contribution >= 0.6 is 0 Å². The summed E-state index contributed by atoms with van der Waals surface area (Å²) in [4.78, 5) is 21.9. The number of ether oxygens (including phenoxy) is 2. The molecule has 2 aromatic rings. The molecule has 0 heterocycles. The van der Waals surface area contributed by atoms with Gasteiger partial charge in [-0.2, -0.15) is 0 Å². The predicted molar refractivity (Wildman–Crippen MR) is 97.5 cm³/mol. The summed E-state index contributed by atoms with van der Waals surface area (Å²) in [7, 11) is -2.99. The summed E-state index contributed by atoms with van der Waals surface area (Å²) in [5.41, 5.74) is -0.516. The van der Waals surface area contributed by atoms with Gasteiger partial charge in [0.2, 0.25) is 0 Å². The van der Waals surface area contributed by atoms with E-state index in [0.717, 1.165) is 12.1 Å². The van der Waals surface area contributed by atoms with Crippen LogP contribution in [0.2, 0.25) is 0 Å². The molecule has 27 heavy (non-hydrogen) atoms. The first kappa shape index (κ1) is 20.2. The van der Waals surface area contributed by atoms with Crippen LogP contribution in [0.5, 0.6) is 5.75 Å². The van der Waals surface area contributed by atoms with Crippen LogP contribution in [0.15, 0.2) is 47.4 Å². The van der Waals surface area contributed by atoms with E-state index in [4.69, 9.17) is 9.47 Å². The summed E-state index contributed by atoms with van der Waals surface area (Å²) in [5, 5.41) is 11.1. The maximum Gasteiger partial charge on any atom is 0.338 e. The van der Waals surface area contributed by atoms with Crippen molar-refractivity contribution in [3.05, 3.63) is 58.1 Å². The van der Waals surface area contributed by atoms with Gasteiger partial charge in [-0.15, -0.1) is 0 Å². The Morgan fingerprint density at radius 1 is 1.19 bits per heavy atom. The van der Waals surface area contributed by atoms with Crippen LogP contribution in [-0.2, 0) is 14.8 Å². The number of carbonyl (C=O) groups is 1. The van der Waals surface area contributed by atoms with Crippen LogP contribution in [-0.4, -0.2) is 32.5 Å². The zero-order valence-corrected chi connectivity index (χ0v) is 15.6. The van der Waals surface area contributed by atoms with Crippen molar-refractivity contribution in [1.82, 2.24) is 0 Å². The second-order valence-corrected chi connectivity index (χ2v) is 7.35. The number of esters is 1. The van der Waals surface area contributed by atoms with Crippen molar-refractivity contribution in [2.24, 2.45) is 0 Å². The molecule has 2 aromatic carbocycles. The molecular formula is C17H18N2O7S. The van der Waals surface area contributed by atoms with Crippen molar-refractivity contribution in [2.75, 3.05) is 11.8 Å². The average molecular weight is 394 g/mol. The van der Waals surface area contributed by atoms with E-state index in [1.165, 1.54) is 37.4 Å². The summed E-state index contributed by atoms with van der Waals surface area (Å²) >= 11 is 0. The number of para-hydroxylation sites is 1. The highest BCUT2D eigenvalue weighted by atomic mass is 32.2. The number of carbonyl (C=O) groups excluding carboxylic acids is 1. The minimum Gasteiger partial charge on any atom is -0.495 e. The highest BCUT2D eigenvalue weighted by molar-refractivity contribution is 7.92. The molecule has 0 aliphatic rings. The second kappa shape index (κ2) is 8.04. The summed E-state index contributed by atoms with van der Waals surface area (Å²) < 4.78 is 37.8. The second-order valence-electron chi connectivity index (χ2n) is 5.70. The van der Waals surface area contributed by atoms with E-state index in [-0.39, 0.29) is 23.1 Å². The Kier molecular flexibility index (Phi) is 6.01. The highest BCUT2D eigenvalue weighted by Gasteiger charge is 2.26. The van der Waals surface area contributed by atoms with Crippen molar-refractivity contribution < 1.29 is 27.6 Å². The Morgan fingerprint density at radius 3 is 2.44 bits per heavy atom. The minimum absolute atomic E-state index is 0.0474. The van der Waals surface area contributed by atoms with Crippen LogP contribution in [0, 0.1) is 10.1 Å². The van der Waals surface area contributed by atoms with Gasteiger partial charge in [0, 0.05) is 6.07 Å². The van der Waals surface area contributed by atoms with Gasteiger partial charge in [0.1, 0.15) is 5.75 Å². The molecule has 0 saturated carbocycles. The van der Waals surface area contributed by atoms with Gasteiger partial charge >= 0.3 is 5.97 Å². The number of hydrogen-bond acceptors (Lipinski definition) is 7. The number of methoxy groups -OCH3 is 1. The molecule has 0 bridgehead atoms. The fourth-order valence-corrected chi connectivity index (χ4v) is 3.47. The Balaban J connectivity index is 2.46. The zero-order chi connectivity index (χ0) is 20.2. The fraction of sp³-hybridized carbons (Fsp3) is 0.235. The maximum atomic E-state index is 12.7. The van der Waals surface area contributed by atoms with Crippen LogP contribution in [0.1, 0.15) is 24.2 Å². The van der Waals surface area contributed by atoms with Gasteiger partial charge < -0.3 is 9.47 Å². The first-order valence-corrected chi connectivity index (χ1v) is 9.29. The van der Waals surface area contributed by atoms with E-state index in [1.807, 2.05) is 0 Å². The molecule has 9 nitrogen and oxygen atoms in total. The molecule has 10 heteroatoms. The van der Waals surface area contributed by atoms with Gasteiger partial charge in [-0.05, 0) is 38.1 Å². The van der Waals surface area contributed by atoms with E-state index in [1.54, 1.807) is 13.8 Å². The Hall–Kier alpha value is -3.14. The molecule has 2 rings (SSSR count).